The van der Waals surface area contributed by atoms with Crippen LogP contribution in [0.1, 0.15) is 24.3 Å². The lowest BCUT2D eigenvalue weighted by atomic mass is 9.95. The Labute approximate surface area is 97.9 Å². The zero-order chi connectivity index (χ0) is 10.8. The summed E-state index contributed by atoms with van der Waals surface area (Å²) in [6.07, 6.45) is 6.64. The quantitative estimate of drug-likeness (QED) is 0.869. The molecular formula is C10H15N5S. The van der Waals surface area contributed by atoms with E-state index in [1.807, 2.05) is 0 Å². The Morgan fingerprint density at radius 2 is 2.56 bits per heavy atom. The van der Waals surface area contributed by atoms with E-state index >= 15 is 0 Å². The van der Waals surface area contributed by atoms with E-state index in [0.717, 1.165) is 17.3 Å². The van der Waals surface area contributed by atoms with Gasteiger partial charge in [-0.3, -0.25) is 0 Å². The predicted molar refractivity (Wildman–Crippen MR) is 62.6 cm³/mol. The summed E-state index contributed by atoms with van der Waals surface area (Å²) in [6.45, 7) is 2.36. The summed E-state index contributed by atoms with van der Waals surface area (Å²) in [4.78, 5) is 0.900. The van der Waals surface area contributed by atoms with Crippen LogP contribution in [-0.2, 0) is 6.42 Å². The Bertz CT molecular complexity index is 428. The first-order valence-corrected chi connectivity index (χ1v) is 6.60. The molecule has 0 amide bonds. The summed E-state index contributed by atoms with van der Waals surface area (Å²) in [7, 11) is 0. The highest BCUT2D eigenvalue weighted by Crippen LogP contribution is 2.19. The Morgan fingerprint density at radius 3 is 3.38 bits per heavy atom. The molecule has 3 heterocycles. The second kappa shape index (κ2) is 4.47. The number of nitrogens with one attached hydrogen (secondary N) is 1. The second-order valence-electron chi connectivity index (χ2n) is 4.30. The molecule has 1 aliphatic heterocycles. The Hall–Kier alpha value is -1.01. The highest BCUT2D eigenvalue weighted by atomic mass is 32.1. The molecule has 0 saturated carbocycles. The van der Waals surface area contributed by atoms with Gasteiger partial charge in [0, 0.05) is 6.42 Å². The highest BCUT2D eigenvalue weighted by Gasteiger charge is 2.14. The minimum Gasteiger partial charge on any atom is -0.316 e. The maximum Gasteiger partial charge on any atom is 0.234 e. The fraction of sp³-hybridized carbons (Fsp3) is 0.700. The molecule has 1 N–H and O–H groups in total. The minimum atomic E-state index is 0.822. The van der Waals surface area contributed by atoms with Crippen molar-refractivity contribution in [3.8, 4) is 0 Å². The molecule has 5 nitrogen and oxygen atoms in total. The molecule has 1 saturated heterocycles. The van der Waals surface area contributed by atoms with Gasteiger partial charge < -0.3 is 5.32 Å². The number of hydrogen-bond donors (Lipinski definition) is 1. The van der Waals surface area contributed by atoms with Gasteiger partial charge in [-0.1, -0.05) is 11.3 Å². The first-order chi connectivity index (χ1) is 7.92. The first kappa shape index (κ1) is 10.2. The van der Waals surface area contributed by atoms with E-state index in [1.54, 1.807) is 22.2 Å². The molecule has 0 aliphatic carbocycles. The van der Waals surface area contributed by atoms with Crippen molar-refractivity contribution in [2.45, 2.75) is 25.7 Å². The molecule has 0 radical (unpaired) electrons. The Kier molecular flexibility index (Phi) is 2.84. The Morgan fingerprint density at radius 1 is 1.56 bits per heavy atom. The van der Waals surface area contributed by atoms with Crippen molar-refractivity contribution in [1.29, 1.82) is 0 Å². The number of aryl methyl sites for hydroxylation is 1. The summed E-state index contributed by atoms with van der Waals surface area (Å²) in [5, 5.41) is 16.9. The molecule has 1 fully saturated rings. The maximum atomic E-state index is 4.45. The molecular weight excluding hydrogens is 222 g/mol. The second-order valence-corrected chi connectivity index (χ2v) is 5.35. The molecule has 1 atom stereocenters. The van der Waals surface area contributed by atoms with Gasteiger partial charge in [0.15, 0.2) is 0 Å². The molecule has 3 rings (SSSR count). The van der Waals surface area contributed by atoms with Crippen molar-refractivity contribution in [3.05, 3.63) is 11.3 Å². The van der Waals surface area contributed by atoms with Crippen LogP contribution in [0.2, 0.25) is 0 Å². The van der Waals surface area contributed by atoms with Crippen LogP contribution in [0, 0.1) is 5.92 Å². The fourth-order valence-corrected chi connectivity index (χ4v) is 3.03. The summed E-state index contributed by atoms with van der Waals surface area (Å²) in [6, 6.07) is 0. The van der Waals surface area contributed by atoms with E-state index in [2.05, 4.69) is 20.6 Å². The molecule has 1 unspecified atom stereocenters. The van der Waals surface area contributed by atoms with E-state index in [0.29, 0.717) is 0 Å². The summed E-state index contributed by atoms with van der Waals surface area (Å²) in [5.41, 5.74) is 0. The average molecular weight is 237 g/mol. The lowest BCUT2D eigenvalue weighted by molar-refractivity contribution is 0.357. The number of rotatable bonds is 3. The topological polar surface area (TPSA) is 55.1 Å². The van der Waals surface area contributed by atoms with Gasteiger partial charge in [-0.25, -0.2) is 0 Å². The molecule has 0 aromatic carbocycles. The monoisotopic (exact) mass is 237 g/mol. The third-order valence-electron chi connectivity index (χ3n) is 3.09. The van der Waals surface area contributed by atoms with E-state index in [1.165, 1.54) is 37.4 Å². The first-order valence-electron chi connectivity index (χ1n) is 5.78. The van der Waals surface area contributed by atoms with Gasteiger partial charge in [-0.15, -0.1) is 10.2 Å². The van der Waals surface area contributed by atoms with Gasteiger partial charge in [0.25, 0.3) is 0 Å². The van der Waals surface area contributed by atoms with Gasteiger partial charge >= 0.3 is 0 Å². The molecule has 1 aliphatic rings. The fourth-order valence-electron chi connectivity index (χ4n) is 2.20. The van der Waals surface area contributed by atoms with Crippen molar-refractivity contribution >= 4 is 16.3 Å². The lowest BCUT2D eigenvalue weighted by Gasteiger charge is -2.21. The molecule has 86 valence electrons. The van der Waals surface area contributed by atoms with Crippen molar-refractivity contribution in [2.24, 2.45) is 5.92 Å². The van der Waals surface area contributed by atoms with E-state index in [-0.39, 0.29) is 0 Å². The molecule has 6 heteroatoms. The minimum absolute atomic E-state index is 0.822. The number of nitrogens with zero attached hydrogens (tertiary/aromatic N) is 4. The average Bonchev–Trinajstić information content (AvgIpc) is 2.88. The zero-order valence-corrected chi connectivity index (χ0v) is 9.91. The third-order valence-corrected chi connectivity index (χ3v) is 4.07. The van der Waals surface area contributed by atoms with Crippen LogP contribution in [0.25, 0.3) is 4.96 Å². The van der Waals surface area contributed by atoms with Crippen LogP contribution >= 0.6 is 11.3 Å². The maximum absolute atomic E-state index is 4.45. The lowest BCUT2D eigenvalue weighted by Crippen LogP contribution is -2.29. The van der Waals surface area contributed by atoms with Crippen LogP contribution in [0.3, 0.4) is 0 Å². The van der Waals surface area contributed by atoms with Crippen LogP contribution < -0.4 is 5.32 Å². The standard InChI is InChI=1S/C10H15N5S/c1-2-8(6-11-5-1)3-4-9-14-15-7-12-13-10(15)16-9/h7-8,11H,1-6H2. The normalized spacial score (nSPS) is 21.6. The van der Waals surface area contributed by atoms with Crippen molar-refractivity contribution in [1.82, 2.24) is 25.1 Å². The van der Waals surface area contributed by atoms with Crippen LogP contribution in [-0.4, -0.2) is 32.9 Å². The zero-order valence-electron chi connectivity index (χ0n) is 9.09. The summed E-state index contributed by atoms with van der Waals surface area (Å²) >= 11 is 1.65. The largest absolute Gasteiger partial charge is 0.316 e. The molecule has 0 bridgehead atoms. The third kappa shape index (κ3) is 2.08. The van der Waals surface area contributed by atoms with Gasteiger partial charge in [-0.05, 0) is 38.3 Å². The van der Waals surface area contributed by atoms with E-state index in [4.69, 9.17) is 0 Å². The van der Waals surface area contributed by atoms with Crippen molar-refractivity contribution < 1.29 is 0 Å². The number of fused-ring (bicyclic) bond motifs is 1. The number of aromatic nitrogens is 4. The molecule has 2 aromatic heterocycles. The van der Waals surface area contributed by atoms with Crippen LogP contribution in [0.4, 0.5) is 0 Å². The van der Waals surface area contributed by atoms with Gasteiger partial charge in [0.05, 0.1) is 0 Å². The summed E-state index contributed by atoms with van der Waals surface area (Å²) < 4.78 is 1.76. The van der Waals surface area contributed by atoms with Gasteiger partial charge in [0.1, 0.15) is 11.3 Å². The van der Waals surface area contributed by atoms with Gasteiger partial charge in [-0.2, -0.15) is 9.61 Å². The van der Waals surface area contributed by atoms with Gasteiger partial charge in [0.2, 0.25) is 4.96 Å². The smallest absolute Gasteiger partial charge is 0.234 e. The van der Waals surface area contributed by atoms with Crippen molar-refractivity contribution in [3.63, 3.8) is 0 Å². The SMILES string of the molecule is c1nnc2sc(CCC3CCCNC3)nn12. The molecule has 2 aromatic rings. The molecule has 0 spiro atoms. The predicted octanol–water partition coefficient (Wildman–Crippen LogP) is 1.12. The highest BCUT2D eigenvalue weighted by molar-refractivity contribution is 7.16. The van der Waals surface area contributed by atoms with Crippen LogP contribution in [0.15, 0.2) is 6.33 Å². The van der Waals surface area contributed by atoms with Crippen LogP contribution in [0.5, 0.6) is 0 Å². The van der Waals surface area contributed by atoms with Crippen molar-refractivity contribution in [2.75, 3.05) is 13.1 Å². The molecule has 16 heavy (non-hydrogen) atoms. The Balaban J connectivity index is 1.59. The summed E-state index contributed by atoms with van der Waals surface area (Å²) in [5.74, 6) is 0.822. The number of piperidine rings is 1. The van der Waals surface area contributed by atoms with E-state index in [9.17, 15) is 0 Å². The number of hydrogen-bond acceptors (Lipinski definition) is 5. The van der Waals surface area contributed by atoms with E-state index < -0.39 is 0 Å².